The number of thiophene rings is 1. The number of amides is 1. The number of rotatable bonds is 5. The maximum absolute atomic E-state index is 12.5. The van der Waals surface area contributed by atoms with E-state index in [1.807, 2.05) is 31.2 Å². The highest BCUT2D eigenvalue weighted by Crippen LogP contribution is 2.18. The molecule has 1 amide bonds. The van der Waals surface area contributed by atoms with Gasteiger partial charge in [0.1, 0.15) is 0 Å². The Hall–Kier alpha value is -2.19. The van der Waals surface area contributed by atoms with Crippen LogP contribution in [0.3, 0.4) is 0 Å². The van der Waals surface area contributed by atoms with Crippen molar-refractivity contribution in [2.24, 2.45) is 0 Å². The molecule has 0 N–H and O–H groups in total. The third-order valence-electron chi connectivity index (χ3n) is 2.83. The fourth-order valence-electron chi connectivity index (χ4n) is 1.85. The highest BCUT2D eigenvalue weighted by Gasteiger charge is 2.17. The second kappa shape index (κ2) is 6.83. The molecule has 0 radical (unpaired) electrons. The smallest absolute Gasteiger partial charge is 0.264 e. The molecule has 2 aromatic heterocycles. The molecule has 0 spiro atoms. The van der Waals surface area contributed by atoms with Gasteiger partial charge < -0.3 is 4.90 Å². The predicted octanol–water partition coefficient (Wildman–Crippen LogP) is 3.01. The van der Waals surface area contributed by atoms with Crippen LogP contribution in [0.1, 0.15) is 26.5 Å². The number of carbonyl (C=O) groups excluding carboxylic acids is 1. The van der Waals surface area contributed by atoms with E-state index >= 15 is 0 Å². The largest absolute Gasteiger partial charge is 0.333 e. The number of nitrogens with zero attached hydrogens (tertiary/aromatic N) is 3. The molecule has 2 heterocycles. The third-order valence-corrected chi connectivity index (χ3v) is 3.82. The van der Waals surface area contributed by atoms with Gasteiger partial charge in [0.25, 0.3) is 5.91 Å². The Balaban J connectivity index is 2.15. The summed E-state index contributed by atoms with van der Waals surface area (Å²) < 4.78 is 0. The van der Waals surface area contributed by atoms with Crippen molar-refractivity contribution in [2.45, 2.75) is 19.9 Å². The van der Waals surface area contributed by atoms with Crippen molar-refractivity contribution in [1.82, 2.24) is 9.88 Å². The molecule has 0 fully saturated rings. The van der Waals surface area contributed by atoms with Gasteiger partial charge >= 0.3 is 0 Å². The molecule has 0 saturated carbocycles. The van der Waals surface area contributed by atoms with E-state index in [0.29, 0.717) is 24.4 Å². The van der Waals surface area contributed by atoms with Gasteiger partial charge in [0.05, 0.1) is 17.4 Å². The van der Waals surface area contributed by atoms with E-state index in [1.54, 1.807) is 17.3 Å². The number of nitriles is 1. The number of hydrogen-bond acceptors (Lipinski definition) is 4. The van der Waals surface area contributed by atoms with Crippen molar-refractivity contribution in [2.75, 3.05) is 6.54 Å². The van der Waals surface area contributed by atoms with Gasteiger partial charge in [-0.3, -0.25) is 9.78 Å². The van der Waals surface area contributed by atoms with Crippen LogP contribution in [-0.4, -0.2) is 22.3 Å². The summed E-state index contributed by atoms with van der Waals surface area (Å²) in [4.78, 5) is 20.0. The van der Waals surface area contributed by atoms with Crippen molar-refractivity contribution in [3.63, 3.8) is 0 Å². The molecule has 2 rings (SSSR count). The SMILES string of the molecule is Cc1ccc(C(=O)N(CCC#N)Cc2cccnc2)s1. The number of carbonyl (C=O) groups is 1. The van der Waals surface area contributed by atoms with Crippen LogP contribution < -0.4 is 0 Å². The van der Waals surface area contributed by atoms with Crippen LogP contribution in [-0.2, 0) is 6.54 Å². The number of pyridine rings is 1. The van der Waals surface area contributed by atoms with Gasteiger partial charge in [-0.2, -0.15) is 5.26 Å². The zero-order valence-electron chi connectivity index (χ0n) is 11.2. The van der Waals surface area contributed by atoms with Gasteiger partial charge in [-0.15, -0.1) is 11.3 Å². The number of aryl methyl sites for hydroxylation is 1. The second-order valence-corrected chi connectivity index (χ2v) is 5.69. The first kappa shape index (κ1) is 14.2. The normalized spacial score (nSPS) is 10.0. The van der Waals surface area contributed by atoms with Gasteiger partial charge in [-0.25, -0.2) is 0 Å². The van der Waals surface area contributed by atoms with Crippen LogP contribution in [0.15, 0.2) is 36.7 Å². The van der Waals surface area contributed by atoms with Crippen molar-refractivity contribution < 1.29 is 4.79 Å². The summed E-state index contributed by atoms with van der Waals surface area (Å²) in [7, 11) is 0. The first-order chi connectivity index (χ1) is 9.70. The molecule has 0 atom stereocenters. The van der Waals surface area contributed by atoms with Crippen LogP contribution in [0.5, 0.6) is 0 Å². The molecule has 20 heavy (non-hydrogen) atoms. The Labute approximate surface area is 122 Å². The van der Waals surface area contributed by atoms with Gasteiger partial charge in [0, 0.05) is 30.4 Å². The lowest BCUT2D eigenvalue weighted by Gasteiger charge is -2.20. The van der Waals surface area contributed by atoms with E-state index in [-0.39, 0.29) is 5.91 Å². The molecule has 2 aromatic rings. The predicted molar refractivity (Wildman–Crippen MR) is 78.3 cm³/mol. The lowest BCUT2D eigenvalue weighted by atomic mass is 10.2. The number of aromatic nitrogens is 1. The van der Waals surface area contributed by atoms with Crippen LogP contribution >= 0.6 is 11.3 Å². The summed E-state index contributed by atoms with van der Waals surface area (Å²) in [5.74, 6) is -0.0257. The number of hydrogen-bond donors (Lipinski definition) is 0. The Morgan fingerprint density at radius 3 is 2.90 bits per heavy atom. The molecule has 0 unspecified atom stereocenters. The molecule has 4 nitrogen and oxygen atoms in total. The van der Waals surface area contributed by atoms with E-state index in [0.717, 1.165) is 10.4 Å². The van der Waals surface area contributed by atoms with E-state index in [4.69, 9.17) is 5.26 Å². The summed E-state index contributed by atoms with van der Waals surface area (Å²) in [6.07, 6.45) is 3.77. The van der Waals surface area contributed by atoms with Crippen LogP contribution in [0.25, 0.3) is 0 Å². The van der Waals surface area contributed by atoms with E-state index < -0.39 is 0 Å². The van der Waals surface area contributed by atoms with E-state index in [9.17, 15) is 4.79 Å². The van der Waals surface area contributed by atoms with Gasteiger partial charge in [-0.05, 0) is 30.7 Å². The Bertz CT molecular complexity index is 616. The van der Waals surface area contributed by atoms with Crippen LogP contribution in [0.2, 0.25) is 0 Å². The molecule has 0 saturated heterocycles. The lowest BCUT2D eigenvalue weighted by Crippen LogP contribution is -2.30. The van der Waals surface area contributed by atoms with Crippen molar-refractivity contribution >= 4 is 17.2 Å². The van der Waals surface area contributed by atoms with Crippen LogP contribution in [0, 0.1) is 18.3 Å². The zero-order chi connectivity index (χ0) is 14.4. The fraction of sp³-hybridized carbons (Fsp3) is 0.267. The van der Waals surface area contributed by atoms with Crippen molar-refractivity contribution in [3.05, 3.63) is 52.0 Å². The summed E-state index contributed by atoms with van der Waals surface area (Å²) in [6, 6.07) is 9.64. The lowest BCUT2D eigenvalue weighted by molar-refractivity contribution is 0.0751. The molecule has 0 aliphatic heterocycles. The zero-order valence-corrected chi connectivity index (χ0v) is 12.1. The Morgan fingerprint density at radius 1 is 1.45 bits per heavy atom. The monoisotopic (exact) mass is 285 g/mol. The van der Waals surface area contributed by atoms with Gasteiger partial charge in [-0.1, -0.05) is 6.07 Å². The van der Waals surface area contributed by atoms with E-state index in [2.05, 4.69) is 11.1 Å². The molecule has 102 valence electrons. The minimum absolute atomic E-state index is 0.0257. The van der Waals surface area contributed by atoms with Gasteiger partial charge in [0.2, 0.25) is 0 Å². The summed E-state index contributed by atoms with van der Waals surface area (Å²) in [6.45, 7) is 2.88. The highest BCUT2D eigenvalue weighted by atomic mass is 32.1. The maximum Gasteiger partial charge on any atom is 0.264 e. The molecular weight excluding hydrogens is 270 g/mol. The molecule has 0 bridgehead atoms. The molecule has 0 aliphatic carbocycles. The first-order valence-corrected chi connectivity index (χ1v) is 7.14. The standard InChI is InChI=1S/C15H15N3OS/c1-12-5-6-14(20-12)15(19)18(9-3-7-16)11-13-4-2-8-17-10-13/h2,4-6,8,10H,3,9,11H2,1H3. The van der Waals surface area contributed by atoms with Crippen LogP contribution in [0.4, 0.5) is 0 Å². The Morgan fingerprint density at radius 2 is 2.30 bits per heavy atom. The minimum atomic E-state index is -0.0257. The minimum Gasteiger partial charge on any atom is -0.333 e. The second-order valence-electron chi connectivity index (χ2n) is 4.41. The molecule has 0 aliphatic rings. The molecule has 5 heteroatoms. The quantitative estimate of drug-likeness (QED) is 0.848. The van der Waals surface area contributed by atoms with E-state index in [1.165, 1.54) is 11.3 Å². The topological polar surface area (TPSA) is 57.0 Å². The summed E-state index contributed by atoms with van der Waals surface area (Å²) in [5.41, 5.74) is 0.965. The summed E-state index contributed by atoms with van der Waals surface area (Å²) in [5, 5.41) is 8.74. The third kappa shape index (κ3) is 3.65. The van der Waals surface area contributed by atoms with Crippen molar-refractivity contribution in [3.8, 4) is 6.07 Å². The average molecular weight is 285 g/mol. The average Bonchev–Trinajstić information content (AvgIpc) is 2.90. The first-order valence-electron chi connectivity index (χ1n) is 6.32. The Kier molecular flexibility index (Phi) is 4.85. The highest BCUT2D eigenvalue weighted by molar-refractivity contribution is 7.13. The molecule has 0 aromatic carbocycles. The maximum atomic E-state index is 12.5. The fourth-order valence-corrected chi connectivity index (χ4v) is 2.69. The molecular formula is C15H15N3OS. The summed E-state index contributed by atoms with van der Waals surface area (Å²) >= 11 is 1.48. The van der Waals surface area contributed by atoms with Crippen molar-refractivity contribution in [1.29, 1.82) is 5.26 Å². The van der Waals surface area contributed by atoms with Gasteiger partial charge in [0.15, 0.2) is 0 Å².